The van der Waals surface area contributed by atoms with Crippen molar-refractivity contribution in [3.05, 3.63) is 33.4 Å². The normalized spacial score (nSPS) is 10.4. The van der Waals surface area contributed by atoms with Crippen molar-refractivity contribution in [2.24, 2.45) is 0 Å². The Morgan fingerprint density at radius 2 is 2.29 bits per heavy atom. The molecule has 2 aromatic rings. The van der Waals surface area contributed by atoms with Crippen molar-refractivity contribution in [3.63, 3.8) is 0 Å². The van der Waals surface area contributed by atoms with Gasteiger partial charge in [-0.25, -0.2) is 0 Å². The molecule has 0 spiro atoms. The van der Waals surface area contributed by atoms with Gasteiger partial charge in [0, 0.05) is 21.6 Å². The van der Waals surface area contributed by atoms with E-state index in [4.69, 9.17) is 16.9 Å². The van der Waals surface area contributed by atoms with E-state index in [0.29, 0.717) is 11.4 Å². The number of H-pyrrole nitrogens is 1. The number of nitrogens with one attached hydrogen (secondary N) is 1. The van der Waals surface area contributed by atoms with E-state index in [1.807, 2.05) is 18.3 Å². The van der Waals surface area contributed by atoms with Crippen LogP contribution in [0.15, 0.2) is 22.8 Å². The van der Waals surface area contributed by atoms with E-state index < -0.39 is 0 Å². The summed E-state index contributed by atoms with van der Waals surface area (Å²) in [4.78, 5) is 3.08. The quantitative estimate of drug-likeness (QED) is 0.843. The van der Waals surface area contributed by atoms with E-state index in [-0.39, 0.29) is 0 Å². The highest BCUT2D eigenvalue weighted by molar-refractivity contribution is 9.10. The number of nitrogens with zero attached hydrogens (tertiary/aromatic N) is 1. The van der Waals surface area contributed by atoms with Crippen LogP contribution in [0.5, 0.6) is 0 Å². The first kappa shape index (κ1) is 9.57. The summed E-state index contributed by atoms with van der Waals surface area (Å²) in [6.07, 6.45) is 2.25. The van der Waals surface area contributed by atoms with Crippen LogP contribution in [0.25, 0.3) is 10.9 Å². The molecular formula is C10H6BrClN2. The maximum absolute atomic E-state index is 8.62. The van der Waals surface area contributed by atoms with Crippen LogP contribution in [-0.4, -0.2) is 4.98 Å². The molecule has 0 aliphatic carbocycles. The first-order valence-electron chi connectivity index (χ1n) is 4.04. The first-order chi connectivity index (χ1) is 6.72. The lowest BCUT2D eigenvalue weighted by Gasteiger charge is -1.97. The average molecular weight is 270 g/mol. The van der Waals surface area contributed by atoms with Crippen LogP contribution in [0.1, 0.15) is 5.56 Å². The summed E-state index contributed by atoms with van der Waals surface area (Å²) in [6, 6.07) is 5.91. The van der Waals surface area contributed by atoms with Crippen LogP contribution < -0.4 is 0 Å². The van der Waals surface area contributed by atoms with E-state index in [0.717, 1.165) is 20.9 Å². The minimum absolute atomic E-state index is 0.411. The van der Waals surface area contributed by atoms with Gasteiger partial charge < -0.3 is 4.98 Å². The van der Waals surface area contributed by atoms with Crippen molar-refractivity contribution in [1.82, 2.24) is 4.98 Å². The smallest absolute Gasteiger partial charge is 0.0670 e. The number of fused-ring (bicyclic) bond motifs is 1. The van der Waals surface area contributed by atoms with Crippen LogP contribution in [-0.2, 0) is 6.42 Å². The van der Waals surface area contributed by atoms with Gasteiger partial charge in [0.1, 0.15) is 0 Å². The molecule has 0 aliphatic rings. The fourth-order valence-electron chi connectivity index (χ4n) is 1.41. The molecule has 0 unspecified atom stereocenters. The Labute approximate surface area is 94.6 Å². The number of benzene rings is 1. The number of aromatic amines is 1. The Hall–Kier alpha value is -0.980. The molecule has 0 atom stereocenters. The Balaban J connectivity index is 2.69. The molecule has 14 heavy (non-hydrogen) atoms. The van der Waals surface area contributed by atoms with Crippen LogP contribution in [0, 0.1) is 11.3 Å². The summed E-state index contributed by atoms with van der Waals surface area (Å²) >= 11 is 9.30. The van der Waals surface area contributed by atoms with Gasteiger partial charge in [-0.2, -0.15) is 5.26 Å². The van der Waals surface area contributed by atoms with Gasteiger partial charge in [-0.3, -0.25) is 0 Å². The van der Waals surface area contributed by atoms with Crippen molar-refractivity contribution < 1.29 is 0 Å². The minimum atomic E-state index is 0.411. The maximum atomic E-state index is 8.62. The van der Waals surface area contributed by atoms with Gasteiger partial charge in [-0.15, -0.1) is 0 Å². The molecule has 2 rings (SSSR count). The van der Waals surface area contributed by atoms with Crippen LogP contribution in [0.4, 0.5) is 0 Å². The van der Waals surface area contributed by atoms with Crippen molar-refractivity contribution in [2.75, 3.05) is 0 Å². The molecule has 4 heteroatoms. The van der Waals surface area contributed by atoms with Gasteiger partial charge in [0.2, 0.25) is 0 Å². The molecular weight excluding hydrogens is 263 g/mol. The van der Waals surface area contributed by atoms with Crippen LogP contribution in [0.2, 0.25) is 5.02 Å². The average Bonchev–Trinajstić information content (AvgIpc) is 2.51. The fourth-order valence-corrected chi connectivity index (χ4v) is 1.91. The van der Waals surface area contributed by atoms with Crippen LogP contribution >= 0.6 is 27.5 Å². The Bertz CT molecular complexity index is 525. The second-order valence-corrected chi connectivity index (χ2v) is 4.22. The molecule has 0 saturated carbocycles. The van der Waals surface area contributed by atoms with E-state index in [1.165, 1.54) is 0 Å². The number of rotatable bonds is 1. The molecule has 1 aromatic carbocycles. The van der Waals surface area contributed by atoms with Crippen molar-refractivity contribution >= 4 is 38.4 Å². The lowest BCUT2D eigenvalue weighted by atomic mass is 10.1. The van der Waals surface area contributed by atoms with Gasteiger partial charge in [-0.05, 0) is 33.6 Å². The zero-order valence-electron chi connectivity index (χ0n) is 7.14. The number of hydrogen-bond acceptors (Lipinski definition) is 1. The second kappa shape index (κ2) is 3.64. The minimum Gasteiger partial charge on any atom is -0.361 e. The molecule has 1 N–H and O–H groups in total. The highest BCUT2D eigenvalue weighted by Gasteiger charge is 2.06. The van der Waals surface area contributed by atoms with E-state index in [9.17, 15) is 0 Å². The molecule has 1 heterocycles. The maximum Gasteiger partial charge on any atom is 0.0670 e. The first-order valence-corrected chi connectivity index (χ1v) is 5.21. The third kappa shape index (κ3) is 1.52. The van der Waals surface area contributed by atoms with Crippen molar-refractivity contribution in [2.45, 2.75) is 6.42 Å². The Kier molecular flexibility index (Phi) is 2.49. The summed E-state index contributed by atoms with van der Waals surface area (Å²) in [5.74, 6) is 0. The largest absolute Gasteiger partial charge is 0.361 e. The second-order valence-electron chi connectivity index (χ2n) is 2.96. The predicted molar refractivity (Wildman–Crippen MR) is 60.3 cm³/mol. The number of nitriles is 1. The van der Waals surface area contributed by atoms with Gasteiger partial charge in [0.25, 0.3) is 0 Å². The third-order valence-corrected chi connectivity index (χ3v) is 3.27. The molecule has 0 saturated heterocycles. The summed E-state index contributed by atoms with van der Waals surface area (Å²) in [6.45, 7) is 0. The highest BCUT2D eigenvalue weighted by atomic mass is 79.9. The molecule has 0 radical (unpaired) electrons. The molecule has 0 fully saturated rings. The standard InChI is InChI=1S/C10H6BrClN2/c11-8-3-7-6(1-2-13)5-14-10(7)4-9(8)12/h3-5,14H,1H2. The number of halogens is 2. The Morgan fingerprint density at radius 1 is 1.50 bits per heavy atom. The van der Waals surface area contributed by atoms with Crippen molar-refractivity contribution in [3.8, 4) is 6.07 Å². The lowest BCUT2D eigenvalue weighted by molar-refractivity contribution is 1.28. The third-order valence-electron chi connectivity index (χ3n) is 2.08. The van der Waals surface area contributed by atoms with E-state index in [2.05, 4.69) is 27.0 Å². The molecule has 70 valence electrons. The van der Waals surface area contributed by atoms with Gasteiger partial charge in [0.15, 0.2) is 0 Å². The summed E-state index contributed by atoms with van der Waals surface area (Å²) in [7, 11) is 0. The summed E-state index contributed by atoms with van der Waals surface area (Å²) < 4.78 is 0.852. The highest BCUT2D eigenvalue weighted by Crippen LogP contribution is 2.29. The molecule has 0 aliphatic heterocycles. The zero-order valence-corrected chi connectivity index (χ0v) is 9.48. The number of hydrogen-bond donors (Lipinski definition) is 1. The Morgan fingerprint density at radius 3 is 3.00 bits per heavy atom. The van der Waals surface area contributed by atoms with Crippen molar-refractivity contribution in [1.29, 1.82) is 5.26 Å². The summed E-state index contributed by atoms with van der Waals surface area (Å²) in [5.41, 5.74) is 1.96. The SMILES string of the molecule is N#CCc1c[nH]c2cc(Cl)c(Br)cc12. The van der Waals surface area contributed by atoms with Crippen LogP contribution in [0.3, 0.4) is 0 Å². The fraction of sp³-hybridized carbons (Fsp3) is 0.100. The molecule has 1 aromatic heterocycles. The topological polar surface area (TPSA) is 39.6 Å². The molecule has 0 bridgehead atoms. The lowest BCUT2D eigenvalue weighted by Crippen LogP contribution is -1.78. The monoisotopic (exact) mass is 268 g/mol. The van der Waals surface area contributed by atoms with Gasteiger partial charge in [-0.1, -0.05) is 11.6 Å². The van der Waals surface area contributed by atoms with Gasteiger partial charge >= 0.3 is 0 Å². The van der Waals surface area contributed by atoms with Gasteiger partial charge in [0.05, 0.1) is 17.5 Å². The molecule has 0 amide bonds. The zero-order chi connectivity index (χ0) is 10.1. The molecule has 2 nitrogen and oxygen atoms in total. The predicted octanol–water partition coefficient (Wildman–Crippen LogP) is 3.65. The van der Waals surface area contributed by atoms with E-state index >= 15 is 0 Å². The van der Waals surface area contributed by atoms with E-state index in [1.54, 1.807) is 0 Å². The number of aromatic nitrogens is 1. The summed E-state index contributed by atoms with van der Waals surface area (Å²) in [5, 5.41) is 10.3.